The lowest BCUT2D eigenvalue weighted by Crippen LogP contribution is -2.42. The number of ether oxygens (including phenoxy) is 1. The van der Waals surface area contributed by atoms with Crippen molar-refractivity contribution in [3.63, 3.8) is 0 Å². The van der Waals surface area contributed by atoms with Crippen molar-refractivity contribution in [2.75, 3.05) is 13.1 Å². The van der Waals surface area contributed by atoms with E-state index in [1.54, 1.807) is 0 Å². The zero-order valence-corrected chi connectivity index (χ0v) is 16.7. The van der Waals surface area contributed by atoms with E-state index in [0.717, 1.165) is 36.4 Å². The summed E-state index contributed by atoms with van der Waals surface area (Å²) in [4.78, 5) is 18.7. The molecule has 1 saturated heterocycles. The third-order valence-corrected chi connectivity index (χ3v) is 4.65. The molecule has 2 aromatic heterocycles. The lowest BCUT2D eigenvalue weighted by molar-refractivity contribution is 0.0196. The van der Waals surface area contributed by atoms with E-state index in [1.807, 2.05) is 42.4 Å². The number of carbonyl (C=O) groups excluding carboxylic acids is 1. The molecule has 1 aliphatic rings. The molecule has 0 radical (unpaired) electrons. The summed E-state index contributed by atoms with van der Waals surface area (Å²) < 4.78 is 7.50. The van der Waals surface area contributed by atoms with Crippen LogP contribution >= 0.6 is 0 Å². The summed E-state index contributed by atoms with van der Waals surface area (Å²) in [6.07, 6.45) is 3.60. The smallest absolute Gasteiger partial charge is 0.410 e. The van der Waals surface area contributed by atoms with E-state index in [9.17, 15) is 4.79 Å². The molecular weight excluding hydrogens is 328 g/mol. The quantitative estimate of drug-likeness (QED) is 0.769. The number of aromatic nitrogens is 3. The van der Waals surface area contributed by atoms with Gasteiger partial charge in [-0.05, 0) is 39.7 Å². The van der Waals surface area contributed by atoms with Crippen molar-refractivity contribution in [2.24, 2.45) is 0 Å². The molecule has 1 amide bonds. The molecule has 6 nitrogen and oxygen atoms in total. The highest BCUT2D eigenvalue weighted by atomic mass is 16.6. The molecule has 0 bridgehead atoms. The second-order valence-corrected chi connectivity index (χ2v) is 9.18. The largest absolute Gasteiger partial charge is 0.444 e. The van der Waals surface area contributed by atoms with Crippen LogP contribution in [-0.4, -0.2) is 44.3 Å². The van der Waals surface area contributed by atoms with Crippen molar-refractivity contribution >= 4 is 11.7 Å². The van der Waals surface area contributed by atoms with Gasteiger partial charge in [-0.25, -0.2) is 14.3 Å². The van der Waals surface area contributed by atoms with E-state index in [1.165, 1.54) is 0 Å². The standard InChI is InChI=1S/C20H30N4O2/c1-19(2,3)16-12-17-21-10-9-15(24(17)22-16)14-8-7-11-23(13-14)18(25)26-20(4,5)6/h9-10,12,14H,7-8,11,13H2,1-6H3/t14-/m1/s1. The van der Waals surface area contributed by atoms with E-state index < -0.39 is 5.60 Å². The molecule has 0 unspecified atom stereocenters. The lowest BCUT2D eigenvalue weighted by atomic mass is 9.93. The van der Waals surface area contributed by atoms with E-state index >= 15 is 0 Å². The van der Waals surface area contributed by atoms with Crippen LogP contribution in [0.2, 0.25) is 0 Å². The normalized spacial score (nSPS) is 19.0. The van der Waals surface area contributed by atoms with Gasteiger partial charge in [0.2, 0.25) is 0 Å². The first kappa shape index (κ1) is 18.7. The van der Waals surface area contributed by atoms with Gasteiger partial charge in [0, 0.05) is 36.7 Å². The monoisotopic (exact) mass is 358 g/mol. The van der Waals surface area contributed by atoms with Crippen molar-refractivity contribution in [1.82, 2.24) is 19.5 Å². The maximum Gasteiger partial charge on any atom is 0.410 e. The Morgan fingerprint density at radius 1 is 1.23 bits per heavy atom. The van der Waals surface area contributed by atoms with Gasteiger partial charge in [-0.1, -0.05) is 20.8 Å². The van der Waals surface area contributed by atoms with Crippen LogP contribution in [-0.2, 0) is 10.2 Å². The predicted octanol–water partition coefficient (Wildman–Crippen LogP) is 4.14. The summed E-state index contributed by atoms with van der Waals surface area (Å²) in [5, 5.41) is 4.81. The lowest BCUT2D eigenvalue weighted by Gasteiger charge is -2.34. The van der Waals surface area contributed by atoms with E-state index in [0.29, 0.717) is 6.54 Å². The third-order valence-electron chi connectivity index (χ3n) is 4.65. The summed E-state index contributed by atoms with van der Waals surface area (Å²) in [7, 11) is 0. The van der Waals surface area contributed by atoms with E-state index in [4.69, 9.17) is 9.84 Å². The summed E-state index contributed by atoms with van der Waals surface area (Å²) >= 11 is 0. The third kappa shape index (κ3) is 4.00. The molecule has 0 N–H and O–H groups in total. The van der Waals surface area contributed by atoms with Crippen LogP contribution in [0.3, 0.4) is 0 Å². The minimum Gasteiger partial charge on any atom is -0.444 e. The second kappa shape index (κ2) is 6.56. The minimum atomic E-state index is -0.475. The van der Waals surface area contributed by atoms with Crippen molar-refractivity contribution in [1.29, 1.82) is 0 Å². The molecule has 6 heteroatoms. The fourth-order valence-electron chi connectivity index (χ4n) is 3.30. The Morgan fingerprint density at radius 3 is 2.62 bits per heavy atom. The molecule has 2 aromatic rings. The summed E-state index contributed by atoms with van der Waals surface area (Å²) in [5.41, 5.74) is 2.50. The summed E-state index contributed by atoms with van der Waals surface area (Å²) in [6, 6.07) is 4.08. The number of rotatable bonds is 1. The maximum absolute atomic E-state index is 12.5. The number of fused-ring (bicyclic) bond motifs is 1. The topological polar surface area (TPSA) is 59.7 Å². The molecule has 26 heavy (non-hydrogen) atoms. The summed E-state index contributed by atoms with van der Waals surface area (Å²) in [6.45, 7) is 13.5. The van der Waals surface area contributed by atoms with Gasteiger partial charge in [0.15, 0.2) is 5.65 Å². The Hall–Kier alpha value is -2.11. The first-order valence-electron chi connectivity index (χ1n) is 9.38. The first-order chi connectivity index (χ1) is 12.0. The van der Waals surface area contributed by atoms with Crippen LogP contribution in [0.25, 0.3) is 5.65 Å². The van der Waals surface area contributed by atoms with Crippen LogP contribution in [0.5, 0.6) is 0 Å². The Balaban J connectivity index is 1.86. The number of piperidine rings is 1. The molecule has 3 rings (SSSR count). The molecule has 0 aliphatic carbocycles. The fraction of sp³-hybridized carbons (Fsp3) is 0.650. The molecule has 0 spiro atoms. The molecule has 1 atom stereocenters. The fourth-order valence-corrected chi connectivity index (χ4v) is 3.30. The molecular formula is C20H30N4O2. The van der Waals surface area contributed by atoms with E-state index in [-0.39, 0.29) is 17.4 Å². The van der Waals surface area contributed by atoms with Crippen molar-refractivity contribution in [3.05, 3.63) is 29.7 Å². The van der Waals surface area contributed by atoms with Gasteiger partial charge in [-0.2, -0.15) is 5.10 Å². The zero-order chi connectivity index (χ0) is 19.1. The van der Waals surface area contributed by atoms with Crippen LogP contribution < -0.4 is 0 Å². The molecule has 0 aromatic carbocycles. The van der Waals surface area contributed by atoms with Gasteiger partial charge >= 0.3 is 6.09 Å². The van der Waals surface area contributed by atoms with Crippen LogP contribution in [0.15, 0.2) is 18.3 Å². The van der Waals surface area contributed by atoms with Crippen LogP contribution in [0.4, 0.5) is 4.79 Å². The van der Waals surface area contributed by atoms with Crippen LogP contribution in [0, 0.1) is 0 Å². The SMILES string of the molecule is CC(C)(C)OC(=O)N1CCC[C@@H](c2ccnc3cc(C(C)(C)C)nn23)C1. The van der Waals surface area contributed by atoms with Gasteiger partial charge in [-0.15, -0.1) is 0 Å². The number of likely N-dealkylation sites (tertiary alicyclic amines) is 1. The van der Waals surface area contributed by atoms with E-state index in [2.05, 4.69) is 31.8 Å². The van der Waals surface area contributed by atoms with Crippen molar-refractivity contribution < 1.29 is 9.53 Å². The van der Waals surface area contributed by atoms with Crippen LogP contribution in [0.1, 0.15) is 71.7 Å². The zero-order valence-electron chi connectivity index (χ0n) is 16.7. The number of carbonyl (C=O) groups is 1. The molecule has 3 heterocycles. The highest BCUT2D eigenvalue weighted by molar-refractivity contribution is 5.68. The maximum atomic E-state index is 12.5. The Morgan fingerprint density at radius 2 is 1.96 bits per heavy atom. The molecule has 0 saturated carbocycles. The number of nitrogens with zero attached hydrogens (tertiary/aromatic N) is 4. The number of amides is 1. The van der Waals surface area contributed by atoms with Gasteiger partial charge in [0.1, 0.15) is 5.60 Å². The van der Waals surface area contributed by atoms with Gasteiger partial charge in [-0.3, -0.25) is 0 Å². The number of hydrogen-bond donors (Lipinski definition) is 0. The molecule has 1 fully saturated rings. The van der Waals surface area contributed by atoms with Crippen molar-refractivity contribution in [3.8, 4) is 0 Å². The minimum absolute atomic E-state index is 0.0277. The Bertz CT molecular complexity index is 798. The Kier molecular flexibility index (Phi) is 4.71. The van der Waals surface area contributed by atoms with Gasteiger partial charge in [0.25, 0.3) is 0 Å². The highest BCUT2D eigenvalue weighted by Crippen LogP contribution is 2.29. The summed E-state index contributed by atoms with van der Waals surface area (Å²) in [5.74, 6) is 0.231. The molecule has 1 aliphatic heterocycles. The second-order valence-electron chi connectivity index (χ2n) is 9.18. The van der Waals surface area contributed by atoms with Gasteiger partial charge < -0.3 is 9.64 Å². The number of hydrogen-bond acceptors (Lipinski definition) is 4. The average molecular weight is 358 g/mol. The first-order valence-corrected chi connectivity index (χ1v) is 9.38. The average Bonchev–Trinajstić information content (AvgIpc) is 2.97. The van der Waals surface area contributed by atoms with Crippen molar-refractivity contribution in [2.45, 2.75) is 71.3 Å². The highest BCUT2D eigenvalue weighted by Gasteiger charge is 2.30. The Labute approximate surface area is 155 Å². The predicted molar refractivity (Wildman–Crippen MR) is 101 cm³/mol. The van der Waals surface area contributed by atoms with Gasteiger partial charge in [0.05, 0.1) is 11.4 Å². The molecule has 142 valence electrons.